The molecule has 0 saturated carbocycles. The van der Waals surface area contributed by atoms with Gasteiger partial charge in [-0.25, -0.2) is 4.98 Å². The van der Waals surface area contributed by atoms with Crippen molar-refractivity contribution in [3.05, 3.63) is 42.4 Å². The van der Waals surface area contributed by atoms with E-state index in [4.69, 9.17) is 4.42 Å². The van der Waals surface area contributed by atoms with Gasteiger partial charge in [0.2, 0.25) is 5.91 Å². The van der Waals surface area contributed by atoms with E-state index in [9.17, 15) is 4.79 Å². The maximum absolute atomic E-state index is 12.4. The Balaban J connectivity index is 1.42. The first-order valence-corrected chi connectivity index (χ1v) is 8.86. The van der Waals surface area contributed by atoms with Crippen molar-refractivity contribution in [2.24, 2.45) is 0 Å². The van der Waals surface area contributed by atoms with E-state index in [-0.39, 0.29) is 5.91 Å². The fraction of sp³-hybridized carbons (Fsp3) is 0.556. The third-order valence-electron chi connectivity index (χ3n) is 4.73. The summed E-state index contributed by atoms with van der Waals surface area (Å²) in [5.74, 6) is 2.06. The summed E-state index contributed by atoms with van der Waals surface area (Å²) >= 11 is 0. The van der Waals surface area contributed by atoms with Crippen LogP contribution in [-0.4, -0.2) is 69.9 Å². The lowest BCUT2D eigenvalue weighted by atomic mass is 10.3. The van der Waals surface area contributed by atoms with Crippen LogP contribution in [0, 0.1) is 0 Å². The Hall–Kier alpha value is -2.12. The normalized spacial score (nSPS) is 16.2. The number of aromatic nitrogens is 2. The molecular weight excluding hydrogens is 318 g/mol. The van der Waals surface area contributed by atoms with Crippen LogP contribution in [0.25, 0.3) is 0 Å². The molecule has 0 unspecified atom stereocenters. The molecule has 0 atom stereocenters. The third kappa shape index (κ3) is 4.70. The lowest BCUT2D eigenvalue weighted by molar-refractivity contribution is -0.132. The Morgan fingerprint density at radius 2 is 2.04 bits per heavy atom. The highest BCUT2D eigenvalue weighted by molar-refractivity contribution is 5.77. The molecule has 3 rings (SSSR count). The fourth-order valence-electron chi connectivity index (χ4n) is 3.12. The summed E-state index contributed by atoms with van der Waals surface area (Å²) in [5.41, 5.74) is 0. The Kier molecular flexibility index (Phi) is 5.88. The van der Waals surface area contributed by atoms with Gasteiger partial charge in [-0.2, -0.15) is 0 Å². The number of hydrogen-bond donors (Lipinski definition) is 0. The number of aryl methyl sites for hydroxylation is 1. The zero-order valence-electron chi connectivity index (χ0n) is 15.1. The third-order valence-corrected chi connectivity index (χ3v) is 4.73. The van der Waals surface area contributed by atoms with Crippen molar-refractivity contribution in [2.75, 3.05) is 39.8 Å². The maximum atomic E-state index is 12.4. The van der Waals surface area contributed by atoms with E-state index >= 15 is 0 Å². The lowest BCUT2D eigenvalue weighted by Crippen LogP contribution is -2.49. The number of nitrogens with zero attached hydrogens (tertiary/aromatic N) is 5. The summed E-state index contributed by atoms with van der Waals surface area (Å²) in [5, 5.41) is 0. The zero-order chi connectivity index (χ0) is 17.6. The van der Waals surface area contributed by atoms with Crippen molar-refractivity contribution in [3.63, 3.8) is 0 Å². The molecule has 0 radical (unpaired) electrons. The van der Waals surface area contributed by atoms with Crippen molar-refractivity contribution in [1.82, 2.24) is 24.3 Å². The molecule has 0 spiro atoms. The highest BCUT2D eigenvalue weighted by Crippen LogP contribution is 2.09. The summed E-state index contributed by atoms with van der Waals surface area (Å²) < 4.78 is 7.49. The molecular formula is C18H27N5O2. The molecule has 25 heavy (non-hydrogen) atoms. The van der Waals surface area contributed by atoms with Gasteiger partial charge in [-0.05, 0) is 19.1 Å². The molecule has 0 aromatic carbocycles. The topological polar surface area (TPSA) is 57.8 Å². The van der Waals surface area contributed by atoms with Crippen molar-refractivity contribution in [3.8, 4) is 0 Å². The van der Waals surface area contributed by atoms with Gasteiger partial charge in [0.15, 0.2) is 0 Å². The van der Waals surface area contributed by atoms with Gasteiger partial charge in [-0.1, -0.05) is 0 Å². The highest BCUT2D eigenvalue weighted by Gasteiger charge is 2.21. The minimum atomic E-state index is 0.131. The Morgan fingerprint density at radius 3 is 2.72 bits per heavy atom. The zero-order valence-corrected chi connectivity index (χ0v) is 15.1. The summed E-state index contributed by atoms with van der Waals surface area (Å²) in [6.07, 6.45) is 5.53. The molecule has 1 amide bonds. The molecule has 136 valence electrons. The molecule has 1 saturated heterocycles. The van der Waals surface area contributed by atoms with Gasteiger partial charge in [0.1, 0.15) is 11.6 Å². The smallest absolute Gasteiger partial charge is 0.236 e. The SMILES string of the molecule is CCn1ccnc1CN1CCN(CC(=O)N(C)Cc2ccco2)CC1. The average Bonchev–Trinajstić information content (AvgIpc) is 3.28. The quantitative estimate of drug-likeness (QED) is 0.756. The van der Waals surface area contributed by atoms with Crippen molar-refractivity contribution in [1.29, 1.82) is 0 Å². The summed E-state index contributed by atoms with van der Waals surface area (Å²) in [6, 6.07) is 3.74. The number of rotatable bonds is 7. The van der Waals surface area contributed by atoms with E-state index in [0.717, 1.165) is 50.9 Å². The molecule has 2 aromatic rings. The van der Waals surface area contributed by atoms with Crippen LogP contribution in [0.1, 0.15) is 18.5 Å². The predicted molar refractivity (Wildman–Crippen MR) is 94.8 cm³/mol. The van der Waals surface area contributed by atoms with Gasteiger partial charge >= 0.3 is 0 Å². The molecule has 2 aromatic heterocycles. The summed E-state index contributed by atoms with van der Waals surface area (Å²) in [6.45, 7) is 8.69. The molecule has 0 N–H and O–H groups in total. The number of imidazole rings is 1. The fourth-order valence-corrected chi connectivity index (χ4v) is 3.12. The van der Waals surface area contributed by atoms with E-state index in [0.29, 0.717) is 13.1 Å². The summed E-state index contributed by atoms with van der Waals surface area (Å²) in [7, 11) is 1.83. The van der Waals surface area contributed by atoms with Crippen LogP contribution in [0.2, 0.25) is 0 Å². The van der Waals surface area contributed by atoms with Gasteiger partial charge in [-0.3, -0.25) is 14.6 Å². The van der Waals surface area contributed by atoms with E-state index in [1.165, 1.54) is 0 Å². The van der Waals surface area contributed by atoms with Crippen LogP contribution < -0.4 is 0 Å². The van der Waals surface area contributed by atoms with Crippen molar-refractivity contribution < 1.29 is 9.21 Å². The second-order valence-corrected chi connectivity index (χ2v) is 6.51. The summed E-state index contributed by atoms with van der Waals surface area (Å²) in [4.78, 5) is 23.2. The van der Waals surface area contributed by atoms with Gasteiger partial charge in [-0.15, -0.1) is 0 Å². The minimum Gasteiger partial charge on any atom is -0.467 e. The Bertz CT molecular complexity index is 659. The van der Waals surface area contributed by atoms with Crippen LogP contribution >= 0.6 is 0 Å². The van der Waals surface area contributed by atoms with E-state index in [1.807, 2.05) is 31.6 Å². The Labute approximate surface area is 148 Å². The first-order valence-electron chi connectivity index (χ1n) is 8.86. The standard InChI is InChI=1S/C18H27N5O2/c1-3-23-7-6-19-17(23)14-21-8-10-22(11-9-21)15-18(24)20(2)13-16-5-4-12-25-16/h4-7,12H,3,8-11,13-15H2,1-2H3. The first kappa shape index (κ1) is 17.7. The lowest BCUT2D eigenvalue weighted by Gasteiger charge is -2.34. The second kappa shape index (κ2) is 8.31. The number of carbonyl (C=O) groups excluding carboxylic acids is 1. The number of furan rings is 1. The molecule has 0 aliphatic carbocycles. The largest absolute Gasteiger partial charge is 0.467 e. The van der Waals surface area contributed by atoms with Crippen LogP contribution in [0.5, 0.6) is 0 Å². The van der Waals surface area contributed by atoms with Gasteiger partial charge < -0.3 is 13.9 Å². The van der Waals surface area contributed by atoms with Crippen LogP contribution in [0.4, 0.5) is 0 Å². The second-order valence-electron chi connectivity index (χ2n) is 6.51. The Morgan fingerprint density at radius 1 is 1.28 bits per heavy atom. The van der Waals surface area contributed by atoms with E-state index in [1.54, 1.807) is 11.2 Å². The number of likely N-dealkylation sites (N-methyl/N-ethyl adjacent to an activating group) is 1. The highest BCUT2D eigenvalue weighted by atomic mass is 16.3. The monoisotopic (exact) mass is 345 g/mol. The number of carbonyl (C=O) groups is 1. The molecule has 7 nitrogen and oxygen atoms in total. The first-order chi connectivity index (χ1) is 12.2. The van der Waals surface area contributed by atoms with Crippen molar-refractivity contribution >= 4 is 5.91 Å². The van der Waals surface area contributed by atoms with Crippen molar-refractivity contribution in [2.45, 2.75) is 26.6 Å². The number of hydrogen-bond acceptors (Lipinski definition) is 5. The molecule has 1 aliphatic heterocycles. The van der Waals surface area contributed by atoms with Gasteiger partial charge in [0.25, 0.3) is 0 Å². The molecule has 7 heteroatoms. The molecule has 0 bridgehead atoms. The van der Waals surface area contributed by atoms with E-state index in [2.05, 4.69) is 26.3 Å². The average molecular weight is 345 g/mol. The van der Waals surface area contributed by atoms with Crippen LogP contribution in [0.15, 0.2) is 35.2 Å². The van der Waals surface area contributed by atoms with Crippen LogP contribution in [0.3, 0.4) is 0 Å². The van der Waals surface area contributed by atoms with Crippen LogP contribution in [-0.2, 0) is 24.4 Å². The minimum absolute atomic E-state index is 0.131. The molecule has 1 aliphatic rings. The number of amides is 1. The number of piperazine rings is 1. The predicted octanol–water partition coefficient (Wildman–Crippen LogP) is 1.27. The molecule has 3 heterocycles. The maximum Gasteiger partial charge on any atom is 0.236 e. The van der Waals surface area contributed by atoms with E-state index < -0.39 is 0 Å². The van der Waals surface area contributed by atoms with Gasteiger partial charge in [0, 0.05) is 52.2 Å². The molecule has 1 fully saturated rings. The van der Waals surface area contributed by atoms with Gasteiger partial charge in [0.05, 0.1) is 25.9 Å².